The first-order valence-electron chi connectivity index (χ1n) is 9.26. The first-order chi connectivity index (χ1) is 12.5. The average molecular weight is 365 g/mol. The monoisotopic (exact) mass is 364 g/mol. The second kappa shape index (κ2) is 6.47. The Hall–Kier alpha value is -2.27. The summed E-state index contributed by atoms with van der Waals surface area (Å²) < 4.78 is 3.28. The van der Waals surface area contributed by atoms with Crippen molar-refractivity contribution < 1.29 is 0 Å². The van der Waals surface area contributed by atoms with E-state index >= 15 is 0 Å². The highest BCUT2D eigenvalue weighted by molar-refractivity contribution is 7.22. The molecule has 5 heteroatoms. The summed E-state index contributed by atoms with van der Waals surface area (Å²) in [4.78, 5) is 10.7. The number of imidazole rings is 1. The first-order valence-corrected chi connectivity index (χ1v) is 10.1. The first kappa shape index (κ1) is 17.2. The molecule has 4 aromatic heterocycles. The zero-order valence-corrected chi connectivity index (χ0v) is 16.8. The van der Waals surface area contributed by atoms with E-state index in [2.05, 4.69) is 56.3 Å². The number of hydrogen-bond acceptors (Lipinski definition) is 4. The van der Waals surface area contributed by atoms with Gasteiger partial charge in [0.05, 0.1) is 26.5 Å². The van der Waals surface area contributed by atoms with Gasteiger partial charge in [0, 0.05) is 11.8 Å². The van der Waals surface area contributed by atoms with E-state index in [1.54, 1.807) is 11.3 Å². The van der Waals surface area contributed by atoms with Crippen molar-refractivity contribution in [2.24, 2.45) is 0 Å². The molecule has 134 valence electrons. The summed E-state index contributed by atoms with van der Waals surface area (Å²) >= 11 is 1.78. The van der Waals surface area contributed by atoms with Crippen LogP contribution in [0.3, 0.4) is 0 Å². The van der Waals surface area contributed by atoms with Crippen molar-refractivity contribution in [1.82, 2.24) is 19.6 Å². The van der Waals surface area contributed by atoms with Crippen LogP contribution in [0, 0.1) is 20.8 Å². The predicted octanol–water partition coefficient (Wildman–Crippen LogP) is 5.83. The van der Waals surface area contributed by atoms with Crippen LogP contribution >= 0.6 is 11.3 Å². The minimum Gasteiger partial charge on any atom is -0.255 e. The van der Waals surface area contributed by atoms with E-state index in [4.69, 9.17) is 10.1 Å². The van der Waals surface area contributed by atoms with Crippen molar-refractivity contribution in [3.05, 3.63) is 46.9 Å². The zero-order chi connectivity index (χ0) is 18.4. The fraction of sp³-hybridized carbons (Fsp3) is 0.381. The van der Waals surface area contributed by atoms with Gasteiger partial charge in [-0.25, -0.2) is 9.50 Å². The molecule has 4 heterocycles. The Morgan fingerprint density at radius 2 is 1.92 bits per heavy atom. The van der Waals surface area contributed by atoms with Gasteiger partial charge < -0.3 is 0 Å². The van der Waals surface area contributed by atoms with Crippen molar-refractivity contribution in [1.29, 1.82) is 0 Å². The van der Waals surface area contributed by atoms with E-state index in [1.165, 1.54) is 20.7 Å². The van der Waals surface area contributed by atoms with E-state index in [-0.39, 0.29) is 0 Å². The van der Waals surface area contributed by atoms with Crippen molar-refractivity contribution >= 4 is 27.2 Å². The minimum atomic E-state index is 0.513. The van der Waals surface area contributed by atoms with Gasteiger partial charge in [0.25, 0.3) is 0 Å². The summed E-state index contributed by atoms with van der Waals surface area (Å²) in [5.74, 6) is 0.513. The number of hydrogen-bond donors (Lipinski definition) is 0. The molecule has 4 nitrogen and oxygen atoms in total. The van der Waals surface area contributed by atoms with Gasteiger partial charge in [-0.2, -0.15) is 5.10 Å². The molecular formula is C21H24N4S. The lowest BCUT2D eigenvalue weighted by Crippen LogP contribution is -2.05. The lowest BCUT2D eigenvalue weighted by atomic mass is 9.95. The van der Waals surface area contributed by atoms with Crippen LogP contribution in [-0.4, -0.2) is 19.6 Å². The number of aryl methyl sites for hydroxylation is 3. The summed E-state index contributed by atoms with van der Waals surface area (Å²) in [7, 11) is 0. The van der Waals surface area contributed by atoms with Gasteiger partial charge in [0.15, 0.2) is 5.65 Å². The third-order valence-corrected chi connectivity index (χ3v) is 6.48. The fourth-order valence-electron chi connectivity index (χ4n) is 3.84. The molecule has 0 bridgehead atoms. The Kier molecular flexibility index (Phi) is 4.27. The Labute approximate surface area is 157 Å². The molecule has 0 aromatic carbocycles. The van der Waals surface area contributed by atoms with Crippen LogP contribution in [0.25, 0.3) is 26.4 Å². The Morgan fingerprint density at radius 1 is 1.15 bits per heavy atom. The van der Waals surface area contributed by atoms with Gasteiger partial charge in [-0.05, 0) is 63.3 Å². The van der Waals surface area contributed by atoms with Crippen LogP contribution in [0.4, 0.5) is 0 Å². The second-order valence-corrected chi connectivity index (χ2v) is 7.99. The van der Waals surface area contributed by atoms with Gasteiger partial charge in [-0.15, -0.1) is 11.3 Å². The van der Waals surface area contributed by atoms with Crippen molar-refractivity contribution in [2.75, 3.05) is 0 Å². The topological polar surface area (TPSA) is 43.1 Å². The summed E-state index contributed by atoms with van der Waals surface area (Å²) in [6, 6.07) is 6.34. The van der Waals surface area contributed by atoms with Crippen LogP contribution in [0.1, 0.15) is 55.1 Å². The summed E-state index contributed by atoms with van der Waals surface area (Å²) in [6.07, 6.45) is 4.09. The highest BCUT2D eigenvalue weighted by Crippen LogP contribution is 2.39. The molecule has 0 saturated carbocycles. The highest BCUT2D eigenvalue weighted by atomic mass is 32.1. The van der Waals surface area contributed by atoms with Crippen LogP contribution in [0.2, 0.25) is 0 Å². The normalized spacial score (nSPS) is 11.9. The molecule has 0 aliphatic rings. The highest BCUT2D eigenvalue weighted by Gasteiger charge is 2.22. The van der Waals surface area contributed by atoms with Crippen molar-refractivity contribution in [3.63, 3.8) is 0 Å². The quantitative estimate of drug-likeness (QED) is 0.457. The minimum absolute atomic E-state index is 0.513. The van der Waals surface area contributed by atoms with E-state index in [0.29, 0.717) is 5.92 Å². The van der Waals surface area contributed by atoms with Crippen LogP contribution < -0.4 is 0 Å². The Bertz CT molecular complexity index is 1100. The molecule has 0 aliphatic carbocycles. The molecular weight excluding hydrogens is 340 g/mol. The molecule has 0 spiro atoms. The maximum absolute atomic E-state index is 4.95. The standard InChI is InChI=1S/C21H24N4S/c1-6-15(7-2)16-11-12(3)24-25-19(14(5)23-21(16)25)20-13(4)18-17(26-20)9-8-10-22-18/h8-11,15H,6-7H2,1-5H3. The molecule has 26 heavy (non-hydrogen) atoms. The molecule has 0 saturated heterocycles. The second-order valence-electron chi connectivity index (χ2n) is 6.94. The predicted molar refractivity (Wildman–Crippen MR) is 109 cm³/mol. The smallest absolute Gasteiger partial charge is 0.158 e. The van der Waals surface area contributed by atoms with Crippen LogP contribution in [0.15, 0.2) is 24.4 Å². The molecule has 0 fully saturated rings. The molecule has 4 rings (SSSR count). The van der Waals surface area contributed by atoms with E-state index in [9.17, 15) is 0 Å². The maximum atomic E-state index is 4.95. The van der Waals surface area contributed by atoms with E-state index in [1.807, 2.05) is 12.3 Å². The summed E-state index contributed by atoms with van der Waals surface area (Å²) in [6.45, 7) is 10.8. The zero-order valence-electron chi connectivity index (χ0n) is 16.0. The lowest BCUT2D eigenvalue weighted by molar-refractivity contribution is 0.638. The van der Waals surface area contributed by atoms with E-state index in [0.717, 1.165) is 41.1 Å². The molecule has 4 aromatic rings. The summed E-state index contributed by atoms with van der Waals surface area (Å²) in [5, 5.41) is 4.84. The Morgan fingerprint density at radius 3 is 2.62 bits per heavy atom. The number of thiophene rings is 1. The third kappa shape index (κ3) is 2.53. The van der Waals surface area contributed by atoms with Crippen molar-refractivity contribution in [3.8, 4) is 10.6 Å². The molecule has 0 radical (unpaired) electrons. The average Bonchev–Trinajstić information content (AvgIpc) is 3.13. The maximum Gasteiger partial charge on any atom is 0.158 e. The fourth-order valence-corrected chi connectivity index (χ4v) is 5.09. The van der Waals surface area contributed by atoms with Crippen molar-refractivity contribution in [2.45, 2.75) is 53.4 Å². The lowest BCUT2D eigenvalue weighted by Gasteiger charge is -2.14. The number of aromatic nitrogens is 4. The van der Waals surface area contributed by atoms with Gasteiger partial charge in [0.1, 0.15) is 5.69 Å². The molecule has 0 N–H and O–H groups in total. The van der Waals surface area contributed by atoms with Gasteiger partial charge in [-0.3, -0.25) is 4.98 Å². The molecule has 0 amide bonds. The third-order valence-electron chi connectivity index (χ3n) is 5.23. The molecule has 0 aliphatic heterocycles. The number of rotatable bonds is 4. The SMILES string of the molecule is CCC(CC)c1cc(C)nn2c(-c3sc4cccnc4c3C)c(C)nc12. The number of nitrogens with zero attached hydrogens (tertiary/aromatic N) is 4. The largest absolute Gasteiger partial charge is 0.255 e. The van der Waals surface area contributed by atoms with Gasteiger partial charge >= 0.3 is 0 Å². The van der Waals surface area contributed by atoms with Gasteiger partial charge in [-0.1, -0.05) is 13.8 Å². The van der Waals surface area contributed by atoms with Gasteiger partial charge in [0.2, 0.25) is 0 Å². The number of fused-ring (bicyclic) bond motifs is 2. The number of pyridine rings is 1. The molecule has 0 unspecified atom stereocenters. The van der Waals surface area contributed by atoms with Crippen LogP contribution in [0.5, 0.6) is 0 Å². The van der Waals surface area contributed by atoms with Crippen LogP contribution in [-0.2, 0) is 0 Å². The summed E-state index contributed by atoms with van der Waals surface area (Å²) in [5.41, 5.74) is 7.78. The Balaban J connectivity index is 2.04. The van der Waals surface area contributed by atoms with E-state index < -0.39 is 0 Å². The molecule has 0 atom stereocenters.